The fourth-order valence-electron chi connectivity index (χ4n) is 7.43. The Kier molecular flexibility index (Phi) is 32.5. The molecule has 0 N–H and O–H groups in total. The van der Waals surface area contributed by atoms with E-state index in [-0.39, 0.29) is 32.5 Å². The number of nitrogens with zero attached hydrogens (tertiary/aromatic N) is 22. The lowest BCUT2D eigenvalue weighted by atomic mass is 9.88. The predicted octanol–water partition coefficient (Wildman–Crippen LogP) is 15.9. The topological polar surface area (TPSA) is 233 Å². The van der Waals surface area contributed by atoms with Gasteiger partial charge in [-0.1, -0.05) is 213 Å². The van der Waals surface area contributed by atoms with Gasteiger partial charge in [0.15, 0.2) is 28.4 Å². The van der Waals surface area contributed by atoms with Gasteiger partial charge in [0.2, 0.25) is 0 Å². The highest BCUT2D eigenvalue weighted by atomic mass is 15.4. The minimum Gasteiger partial charge on any atom is -0.321 e. The van der Waals surface area contributed by atoms with Crippen molar-refractivity contribution in [2.24, 2.45) is 0 Å². The smallest absolute Gasteiger partial charge is 0.177 e. The highest BCUT2D eigenvalue weighted by molar-refractivity contribution is 5.57. The third-order valence-electron chi connectivity index (χ3n) is 11.8. The zero-order valence-corrected chi connectivity index (χ0v) is 60.4. The Balaban J connectivity index is 0.000000522. The molecule has 22 nitrogen and oxygen atoms in total. The van der Waals surface area contributed by atoms with Gasteiger partial charge in [-0.05, 0) is 17.0 Å². The van der Waals surface area contributed by atoms with Gasteiger partial charge in [-0.3, -0.25) is 29.9 Å². The summed E-state index contributed by atoms with van der Waals surface area (Å²) in [5.41, 5.74) is 11.1. The molecule has 0 radical (unpaired) electrons. The molecule has 12 aromatic heterocycles. The zero-order valence-electron chi connectivity index (χ0n) is 60.4. The molecule has 22 heteroatoms. The maximum Gasteiger partial charge on any atom is 0.177 e. The molecule has 0 saturated heterocycles. The van der Waals surface area contributed by atoms with Crippen molar-refractivity contribution in [3.63, 3.8) is 0 Å². The summed E-state index contributed by atoms with van der Waals surface area (Å²) in [5, 5.41) is 24.3. The second kappa shape index (κ2) is 36.8. The Morgan fingerprint density at radius 2 is 0.911 bits per heavy atom. The Labute approximate surface area is 537 Å². The molecule has 0 aliphatic heterocycles. The Hall–Kier alpha value is -8.56. The second-order valence-corrected chi connectivity index (χ2v) is 24.8. The van der Waals surface area contributed by atoms with Crippen LogP contribution in [0.15, 0.2) is 124 Å². The molecule has 492 valence electrons. The van der Waals surface area contributed by atoms with Crippen LogP contribution >= 0.6 is 0 Å². The summed E-state index contributed by atoms with van der Waals surface area (Å²) in [6.07, 6.45) is 33.8. The van der Waals surface area contributed by atoms with E-state index in [0.717, 1.165) is 56.7 Å². The van der Waals surface area contributed by atoms with Crippen molar-refractivity contribution < 1.29 is 0 Å². The fraction of sp³-hybridized carbons (Fsp3) is 0.529. The summed E-state index contributed by atoms with van der Waals surface area (Å²) in [7, 11) is 0. The lowest BCUT2D eigenvalue weighted by molar-refractivity contribution is 0.545. The molecule has 12 aromatic rings. The van der Waals surface area contributed by atoms with E-state index < -0.39 is 0 Å². The zero-order chi connectivity index (χ0) is 68.8. The summed E-state index contributed by atoms with van der Waals surface area (Å²) < 4.78 is 10.9. The van der Waals surface area contributed by atoms with Gasteiger partial charge in [0.05, 0.1) is 77.9 Å². The standard InChI is InChI=1S/C11H14N2.5C9H12N4.6C2H6/c1-11(2,3)9-4-6-13-7-5-12-8-10(9)13;1-9(2,3)7-5-13-8(4-10-7)11-6-12-13;1-9(2,3)7-4-10-5-8-11-6-12-13(7)8;1-9(2,3)8-6-13-7(4-10-8)5-11-12-13;1-9(2,3)7-8-11-6-12-13(8)5-4-10-7;1-9(2,3)8-11-7-6-10-4-5-13(7)12-8;6*1-2/h4-8H,1-3H3;5*4-6H,1-3H3;6*1-2H3. The SMILES string of the molecule is CC.CC.CC.CC.CC.CC.CC(C)(C)c1ccn2ccncc12.CC(C)(C)c1cn2ncnc2cn1.CC(C)(C)c1cn2nncc2cn1.CC(C)(C)c1cncc2ncnn12.CC(C)(C)c1nc2cnccn2n1.CC(C)(C)c1nccn2ncnc12. The first-order valence-corrected chi connectivity index (χ1v) is 31.7. The average Bonchev–Trinajstić information content (AvgIpc) is 1.81. The number of hydrogen-bond donors (Lipinski definition) is 0. The molecule has 0 fully saturated rings. The maximum atomic E-state index is 4.37. The van der Waals surface area contributed by atoms with Gasteiger partial charge in [0.1, 0.15) is 24.5 Å². The van der Waals surface area contributed by atoms with Crippen LogP contribution in [0.3, 0.4) is 0 Å². The minimum absolute atomic E-state index is 0.00792. The molecule has 0 aliphatic rings. The second-order valence-electron chi connectivity index (χ2n) is 24.8. The first-order valence-electron chi connectivity index (χ1n) is 31.7. The molecule has 0 aromatic carbocycles. The molecule has 0 saturated carbocycles. The molecule has 0 bridgehead atoms. The molecular weight excluding hydrogens is 1120 g/mol. The number of rotatable bonds is 0. The van der Waals surface area contributed by atoms with Crippen LogP contribution in [0.4, 0.5) is 0 Å². The van der Waals surface area contributed by atoms with Crippen LogP contribution in [-0.2, 0) is 32.5 Å². The highest BCUT2D eigenvalue weighted by Crippen LogP contribution is 2.27. The molecular formula is C68H110N22. The maximum absolute atomic E-state index is 4.37. The van der Waals surface area contributed by atoms with Crippen molar-refractivity contribution in [2.45, 2.75) is 240 Å². The van der Waals surface area contributed by atoms with Crippen LogP contribution in [0.5, 0.6) is 0 Å². The van der Waals surface area contributed by atoms with Gasteiger partial charge in [-0.25, -0.2) is 42.5 Å². The predicted molar refractivity (Wildman–Crippen MR) is 369 cm³/mol. The number of hydrogen-bond acceptors (Lipinski definition) is 16. The molecule has 0 spiro atoms. The van der Waals surface area contributed by atoms with E-state index in [1.54, 1.807) is 92.7 Å². The minimum atomic E-state index is -0.00792. The van der Waals surface area contributed by atoms with Crippen molar-refractivity contribution in [1.82, 2.24) is 108 Å². The number of fused-ring (bicyclic) bond motifs is 6. The average molecular weight is 1240 g/mol. The van der Waals surface area contributed by atoms with Crippen LogP contribution in [0.25, 0.3) is 33.6 Å². The summed E-state index contributed by atoms with van der Waals surface area (Å²) in [6.45, 7) is 62.4. The van der Waals surface area contributed by atoms with Crippen molar-refractivity contribution in [2.75, 3.05) is 0 Å². The van der Waals surface area contributed by atoms with Gasteiger partial charge in [-0.15, -0.1) is 5.10 Å². The van der Waals surface area contributed by atoms with E-state index in [1.807, 2.05) is 119 Å². The molecule has 0 amide bonds. The van der Waals surface area contributed by atoms with Crippen LogP contribution in [0.1, 0.15) is 242 Å². The van der Waals surface area contributed by atoms with Crippen LogP contribution in [-0.4, -0.2) is 108 Å². The van der Waals surface area contributed by atoms with Crippen molar-refractivity contribution in [3.05, 3.63) is 158 Å². The third-order valence-corrected chi connectivity index (χ3v) is 11.8. The monoisotopic (exact) mass is 1230 g/mol. The van der Waals surface area contributed by atoms with Gasteiger partial charge in [-0.2, -0.15) is 20.4 Å². The normalized spacial score (nSPS) is 11.0. The number of aromatic nitrogens is 22. The molecule has 12 heterocycles. The largest absolute Gasteiger partial charge is 0.321 e. The summed E-state index contributed by atoms with van der Waals surface area (Å²) >= 11 is 0. The first-order chi connectivity index (χ1) is 42.5. The van der Waals surface area contributed by atoms with E-state index in [4.69, 9.17) is 0 Å². The quantitative estimate of drug-likeness (QED) is 0.137. The first kappa shape index (κ1) is 79.5. The third kappa shape index (κ3) is 23.4. The van der Waals surface area contributed by atoms with E-state index >= 15 is 0 Å². The van der Waals surface area contributed by atoms with Gasteiger partial charge < -0.3 is 4.40 Å². The van der Waals surface area contributed by atoms with Crippen molar-refractivity contribution >= 4 is 33.6 Å². The van der Waals surface area contributed by atoms with Crippen molar-refractivity contribution in [1.29, 1.82) is 0 Å². The molecule has 0 aliphatic carbocycles. The lowest BCUT2D eigenvalue weighted by Crippen LogP contribution is -2.17. The highest BCUT2D eigenvalue weighted by Gasteiger charge is 2.22. The van der Waals surface area contributed by atoms with Crippen LogP contribution in [0.2, 0.25) is 0 Å². The molecule has 12 rings (SSSR count). The molecule has 0 unspecified atom stereocenters. The molecule has 0 atom stereocenters. The summed E-state index contributed by atoms with van der Waals surface area (Å²) in [6, 6.07) is 2.16. The van der Waals surface area contributed by atoms with E-state index in [2.05, 4.69) is 222 Å². The van der Waals surface area contributed by atoms with Gasteiger partial charge >= 0.3 is 0 Å². The van der Waals surface area contributed by atoms with Crippen LogP contribution < -0.4 is 0 Å². The Bertz CT molecular complexity index is 3620. The van der Waals surface area contributed by atoms with Gasteiger partial charge in [0, 0.05) is 76.6 Å². The van der Waals surface area contributed by atoms with Crippen LogP contribution in [0, 0.1) is 0 Å². The Morgan fingerprint density at radius 3 is 1.49 bits per heavy atom. The molecule has 90 heavy (non-hydrogen) atoms. The Morgan fingerprint density at radius 1 is 0.378 bits per heavy atom. The van der Waals surface area contributed by atoms with Gasteiger partial charge in [0.25, 0.3) is 0 Å². The van der Waals surface area contributed by atoms with E-state index in [0.29, 0.717) is 0 Å². The van der Waals surface area contributed by atoms with E-state index in [9.17, 15) is 0 Å². The summed E-state index contributed by atoms with van der Waals surface area (Å²) in [4.78, 5) is 41.9. The summed E-state index contributed by atoms with van der Waals surface area (Å²) in [5.74, 6) is 0.848. The van der Waals surface area contributed by atoms with Crippen molar-refractivity contribution in [3.8, 4) is 0 Å². The van der Waals surface area contributed by atoms with E-state index in [1.165, 1.54) is 17.4 Å². The lowest BCUT2D eigenvalue weighted by Gasteiger charge is -2.18. The fourth-order valence-corrected chi connectivity index (χ4v) is 7.43.